The number of H-pyrrole nitrogens is 1. The summed E-state index contributed by atoms with van der Waals surface area (Å²) >= 11 is 0. The minimum absolute atomic E-state index is 0.199. The van der Waals surface area contributed by atoms with Gasteiger partial charge in [0.05, 0.1) is 17.6 Å². The minimum atomic E-state index is 0.199. The maximum absolute atomic E-state index is 6.20. The SMILES string of the molecule is C[C@@H](N)C1(C)CCN(c2cnc3c(N4CCCc5ncccc54)n[nH]c3n2)CC1. The van der Waals surface area contributed by atoms with Crippen molar-refractivity contribution < 1.29 is 0 Å². The predicted molar refractivity (Wildman–Crippen MR) is 114 cm³/mol. The number of rotatable bonds is 3. The Balaban J connectivity index is 1.42. The van der Waals surface area contributed by atoms with Crippen molar-refractivity contribution >= 4 is 28.5 Å². The highest BCUT2D eigenvalue weighted by molar-refractivity contribution is 5.87. The molecule has 0 unspecified atom stereocenters. The van der Waals surface area contributed by atoms with Gasteiger partial charge in [-0.05, 0) is 50.2 Å². The minimum Gasteiger partial charge on any atom is -0.355 e. The number of anilines is 3. The zero-order valence-electron chi connectivity index (χ0n) is 17.1. The number of aromatic amines is 1. The lowest BCUT2D eigenvalue weighted by atomic mass is 9.75. The Morgan fingerprint density at radius 2 is 2.03 bits per heavy atom. The summed E-state index contributed by atoms with van der Waals surface area (Å²) in [6.45, 7) is 7.21. The van der Waals surface area contributed by atoms with E-state index in [9.17, 15) is 0 Å². The maximum Gasteiger partial charge on any atom is 0.183 e. The van der Waals surface area contributed by atoms with Gasteiger partial charge in [-0.15, -0.1) is 0 Å². The van der Waals surface area contributed by atoms with E-state index >= 15 is 0 Å². The lowest BCUT2D eigenvalue weighted by molar-refractivity contribution is 0.205. The van der Waals surface area contributed by atoms with E-state index in [-0.39, 0.29) is 11.5 Å². The Labute approximate surface area is 170 Å². The molecule has 2 aliphatic heterocycles. The van der Waals surface area contributed by atoms with Gasteiger partial charge in [0.25, 0.3) is 0 Å². The van der Waals surface area contributed by atoms with E-state index in [1.165, 1.54) is 0 Å². The highest BCUT2D eigenvalue weighted by Gasteiger charge is 2.34. The van der Waals surface area contributed by atoms with Crippen LogP contribution >= 0.6 is 0 Å². The molecule has 0 saturated carbocycles. The largest absolute Gasteiger partial charge is 0.355 e. The second kappa shape index (κ2) is 6.95. The molecule has 8 heteroatoms. The first-order valence-corrected chi connectivity index (χ1v) is 10.5. The molecule has 0 amide bonds. The molecule has 1 fully saturated rings. The first-order chi connectivity index (χ1) is 14.0. The molecule has 0 aromatic carbocycles. The van der Waals surface area contributed by atoms with Crippen molar-refractivity contribution in [2.75, 3.05) is 29.4 Å². The quantitative estimate of drug-likeness (QED) is 0.707. The third kappa shape index (κ3) is 3.11. The van der Waals surface area contributed by atoms with Gasteiger partial charge in [-0.25, -0.2) is 9.97 Å². The molecule has 5 rings (SSSR count). The lowest BCUT2D eigenvalue weighted by Crippen LogP contribution is -2.47. The fourth-order valence-corrected chi connectivity index (χ4v) is 4.44. The monoisotopic (exact) mass is 392 g/mol. The molecular weight excluding hydrogens is 364 g/mol. The van der Waals surface area contributed by atoms with Crippen molar-refractivity contribution in [1.82, 2.24) is 25.1 Å². The van der Waals surface area contributed by atoms with Crippen LogP contribution in [0, 0.1) is 5.41 Å². The van der Waals surface area contributed by atoms with Gasteiger partial charge in [-0.3, -0.25) is 10.1 Å². The summed E-state index contributed by atoms with van der Waals surface area (Å²) in [6, 6.07) is 4.28. The maximum atomic E-state index is 6.20. The van der Waals surface area contributed by atoms with E-state index in [1.807, 2.05) is 18.5 Å². The Kier molecular flexibility index (Phi) is 4.38. The second-order valence-corrected chi connectivity index (χ2v) is 8.63. The van der Waals surface area contributed by atoms with Gasteiger partial charge in [0, 0.05) is 31.9 Å². The normalized spacial score (nSPS) is 20.0. The second-order valence-electron chi connectivity index (χ2n) is 8.63. The van der Waals surface area contributed by atoms with Gasteiger partial charge in [-0.2, -0.15) is 5.10 Å². The molecule has 29 heavy (non-hydrogen) atoms. The van der Waals surface area contributed by atoms with Gasteiger partial charge in [0.2, 0.25) is 0 Å². The van der Waals surface area contributed by atoms with Crippen LogP contribution in [-0.2, 0) is 6.42 Å². The molecule has 1 saturated heterocycles. The summed E-state index contributed by atoms with van der Waals surface area (Å²) in [5.41, 5.74) is 10.2. The third-order valence-corrected chi connectivity index (χ3v) is 6.78. The van der Waals surface area contributed by atoms with Crippen LogP contribution in [0.4, 0.5) is 17.3 Å². The average Bonchev–Trinajstić information content (AvgIpc) is 3.17. The van der Waals surface area contributed by atoms with Gasteiger partial charge in [0.1, 0.15) is 5.82 Å². The molecule has 5 heterocycles. The smallest absolute Gasteiger partial charge is 0.183 e. The van der Waals surface area contributed by atoms with Crippen LogP contribution in [0.15, 0.2) is 24.5 Å². The Bertz CT molecular complexity index is 1020. The first kappa shape index (κ1) is 18.3. The van der Waals surface area contributed by atoms with Crippen LogP contribution in [0.3, 0.4) is 0 Å². The highest BCUT2D eigenvalue weighted by atomic mass is 15.3. The van der Waals surface area contributed by atoms with Crippen LogP contribution in [0.2, 0.25) is 0 Å². The van der Waals surface area contributed by atoms with E-state index in [2.05, 4.69) is 44.9 Å². The van der Waals surface area contributed by atoms with Crippen molar-refractivity contribution in [3.8, 4) is 0 Å². The number of fused-ring (bicyclic) bond motifs is 2. The lowest BCUT2D eigenvalue weighted by Gasteiger charge is -2.42. The Morgan fingerprint density at radius 1 is 1.21 bits per heavy atom. The number of nitrogens with one attached hydrogen (secondary N) is 1. The van der Waals surface area contributed by atoms with E-state index in [4.69, 9.17) is 15.7 Å². The van der Waals surface area contributed by atoms with Crippen LogP contribution < -0.4 is 15.5 Å². The molecule has 0 spiro atoms. The van der Waals surface area contributed by atoms with Crippen molar-refractivity contribution in [1.29, 1.82) is 0 Å². The third-order valence-electron chi connectivity index (χ3n) is 6.78. The highest BCUT2D eigenvalue weighted by Crippen LogP contribution is 2.36. The van der Waals surface area contributed by atoms with Crippen LogP contribution in [-0.4, -0.2) is 50.8 Å². The number of hydrogen-bond donors (Lipinski definition) is 2. The van der Waals surface area contributed by atoms with Crippen molar-refractivity contribution in [2.24, 2.45) is 11.1 Å². The molecule has 0 radical (unpaired) electrons. The number of hydrogen-bond acceptors (Lipinski definition) is 7. The summed E-state index contributed by atoms with van der Waals surface area (Å²) in [5, 5.41) is 7.66. The summed E-state index contributed by atoms with van der Waals surface area (Å²) in [6.07, 6.45) is 7.92. The summed E-state index contributed by atoms with van der Waals surface area (Å²) in [5.74, 6) is 1.73. The molecule has 8 nitrogen and oxygen atoms in total. The van der Waals surface area contributed by atoms with E-state index in [1.54, 1.807) is 0 Å². The number of nitrogens with zero attached hydrogens (tertiary/aromatic N) is 6. The fourth-order valence-electron chi connectivity index (χ4n) is 4.44. The van der Waals surface area contributed by atoms with Gasteiger partial charge in [-0.1, -0.05) is 6.92 Å². The first-order valence-electron chi connectivity index (χ1n) is 10.5. The standard InChI is InChI=1S/C21H28N8/c1-14(22)21(2)7-11-28(12-8-21)17-13-24-18-19(25-17)26-27-20(18)29-10-4-5-15-16(29)6-3-9-23-15/h3,6,9,13-14H,4-5,7-8,10-12,22H2,1-2H3,(H,25,26,27)/t14-/m1/s1. The summed E-state index contributed by atoms with van der Waals surface area (Å²) < 4.78 is 0. The van der Waals surface area contributed by atoms with Crippen molar-refractivity contribution in [2.45, 2.75) is 45.6 Å². The van der Waals surface area contributed by atoms with Crippen LogP contribution in [0.25, 0.3) is 11.2 Å². The molecule has 3 N–H and O–H groups in total. The number of piperidine rings is 1. The molecular formula is C21H28N8. The molecule has 1 atom stereocenters. The van der Waals surface area contributed by atoms with Crippen molar-refractivity contribution in [3.05, 3.63) is 30.2 Å². The number of aromatic nitrogens is 5. The van der Waals surface area contributed by atoms with E-state index in [0.29, 0.717) is 0 Å². The zero-order chi connectivity index (χ0) is 20.0. The zero-order valence-corrected chi connectivity index (χ0v) is 17.1. The van der Waals surface area contributed by atoms with Crippen molar-refractivity contribution in [3.63, 3.8) is 0 Å². The molecule has 3 aromatic heterocycles. The van der Waals surface area contributed by atoms with E-state index in [0.717, 1.165) is 79.5 Å². The number of aryl methyl sites for hydroxylation is 1. The Hall–Kier alpha value is -2.74. The number of pyridine rings is 1. The number of nitrogens with two attached hydrogens (primary N) is 1. The van der Waals surface area contributed by atoms with Gasteiger partial charge >= 0.3 is 0 Å². The summed E-state index contributed by atoms with van der Waals surface area (Å²) in [7, 11) is 0. The van der Waals surface area contributed by atoms with Crippen LogP contribution in [0.1, 0.15) is 38.8 Å². The molecule has 0 aliphatic carbocycles. The molecule has 3 aromatic rings. The molecule has 152 valence electrons. The topological polar surface area (TPSA) is 99.9 Å². The van der Waals surface area contributed by atoms with Gasteiger partial charge in [0.15, 0.2) is 17.0 Å². The summed E-state index contributed by atoms with van der Waals surface area (Å²) in [4.78, 5) is 18.6. The molecule has 2 aliphatic rings. The van der Waals surface area contributed by atoms with Gasteiger partial charge < -0.3 is 15.5 Å². The Morgan fingerprint density at radius 3 is 2.83 bits per heavy atom. The predicted octanol–water partition coefficient (Wildman–Crippen LogP) is 2.79. The average molecular weight is 393 g/mol. The fraction of sp³-hybridized carbons (Fsp3) is 0.524. The molecule has 0 bridgehead atoms. The van der Waals surface area contributed by atoms with E-state index < -0.39 is 0 Å². The van der Waals surface area contributed by atoms with Crippen LogP contribution in [0.5, 0.6) is 0 Å².